The van der Waals surface area contributed by atoms with Crippen molar-refractivity contribution in [3.8, 4) is 0 Å². The second-order valence-electron chi connectivity index (χ2n) is 6.41. The van der Waals surface area contributed by atoms with E-state index in [-0.39, 0.29) is 6.03 Å². The van der Waals surface area contributed by atoms with Gasteiger partial charge in [-0.3, -0.25) is 0 Å². The first-order valence-electron chi connectivity index (χ1n) is 7.88. The zero-order valence-corrected chi connectivity index (χ0v) is 12.1. The lowest BCUT2D eigenvalue weighted by molar-refractivity contribution is -0.0290. The minimum Gasteiger partial charge on any atom is -0.388 e. The summed E-state index contributed by atoms with van der Waals surface area (Å²) in [6.45, 7) is 2.63. The van der Waals surface area contributed by atoms with Crippen LogP contribution >= 0.6 is 0 Å². The Morgan fingerprint density at radius 1 is 1.26 bits per heavy atom. The van der Waals surface area contributed by atoms with Crippen molar-refractivity contribution >= 4 is 6.03 Å². The maximum Gasteiger partial charge on any atom is 0.315 e. The Morgan fingerprint density at radius 2 is 1.95 bits per heavy atom. The summed E-state index contributed by atoms with van der Waals surface area (Å²) in [5.74, 6) is 0.863. The van der Waals surface area contributed by atoms with Crippen LogP contribution in [0.5, 0.6) is 0 Å². The fourth-order valence-corrected chi connectivity index (χ4v) is 3.25. The van der Waals surface area contributed by atoms with Gasteiger partial charge in [0.25, 0.3) is 0 Å². The Kier molecular flexibility index (Phi) is 5.08. The van der Waals surface area contributed by atoms with Crippen molar-refractivity contribution in [1.82, 2.24) is 10.6 Å². The Bertz CT molecular complexity index is 295. The van der Waals surface area contributed by atoms with E-state index in [0.717, 1.165) is 38.0 Å². The van der Waals surface area contributed by atoms with Gasteiger partial charge in [-0.05, 0) is 50.9 Å². The second kappa shape index (κ2) is 6.60. The normalized spacial score (nSPS) is 29.4. The Labute approximate surface area is 116 Å². The highest BCUT2D eigenvalue weighted by molar-refractivity contribution is 5.74. The minimum absolute atomic E-state index is 0.112. The second-order valence-corrected chi connectivity index (χ2v) is 6.41. The van der Waals surface area contributed by atoms with Gasteiger partial charge in [-0.15, -0.1) is 0 Å². The number of rotatable bonds is 5. The summed E-state index contributed by atoms with van der Waals surface area (Å²) in [6.07, 6.45) is 9.97. The summed E-state index contributed by atoms with van der Waals surface area (Å²) in [7, 11) is 0. The Morgan fingerprint density at radius 3 is 2.47 bits per heavy atom. The van der Waals surface area contributed by atoms with E-state index in [1.807, 2.05) is 0 Å². The van der Waals surface area contributed by atoms with Crippen molar-refractivity contribution in [2.75, 3.05) is 6.54 Å². The number of carbonyl (C=O) groups excluding carboxylic acids is 1. The Hall–Kier alpha value is -0.770. The molecule has 0 saturated heterocycles. The fourth-order valence-electron chi connectivity index (χ4n) is 3.25. The van der Waals surface area contributed by atoms with Gasteiger partial charge in [0, 0.05) is 12.6 Å². The van der Waals surface area contributed by atoms with Gasteiger partial charge in [0.2, 0.25) is 0 Å². The fraction of sp³-hybridized carbons (Fsp3) is 0.933. The number of hydrogen-bond donors (Lipinski definition) is 3. The third-order valence-electron chi connectivity index (χ3n) is 4.74. The van der Waals surface area contributed by atoms with E-state index >= 15 is 0 Å². The van der Waals surface area contributed by atoms with E-state index in [1.165, 1.54) is 25.7 Å². The number of urea groups is 1. The molecule has 2 aliphatic carbocycles. The lowest BCUT2D eigenvalue weighted by Gasteiger charge is -2.36. The summed E-state index contributed by atoms with van der Waals surface area (Å²) in [5.41, 5.74) is -0.629. The highest BCUT2D eigenvalue weighted by atomic mass is 16.3. The van der Waals surface area contributed by atoms with Crippen LogP contribution in [0.3, 0.4) is 0 Å². The molecule has 2 amide bonds. The first-order valence-corrected chi connectivity index (χ1v) is 7.88. The summed E-state index contributed by atoms with van der Waals surface area (Å²) >= 11 is 0. The molecule has 0 aliphatic heterocycles. The van der Waals surface area contributed by atoms with Crippen molar-refractivity contribution in [1.29, 1.82) is 0 Å². The molecular weight excluding hydrogens is 240 g/mol. The molecule has 0 aromatic carbocycles. The first kappa shape index (κ1) is 14.6. The third-order valence-corrected chi connectivity index (χ3v) is 4.74. The van der Waals surface area contributed by atoms with Gasteiger partial charge >= 0.3 is 6.03 Å². The van der Waals surface area contributed by atoms with Crippen molar-refractivity contribution < 1.29 is 9.90 Å². The number of carbonyl (C=O) groups is 1. The van der Waals surface area contributed by atoms with Gasteiger partial charge in [0.15, 0.2) is 0 Å². The van der Waals surface area contributed by atoms with Gasteiger partial charge < -0.3 is 15.7 Å². The van der Waals surface area contributed by atoms with E-state index < -0.39 is 5.60 Å². The molecule has 4 nitrogen and oxygen atoms in total. The van der Waals surface area contributed by atoms with Gasteiger partial charge in [0.1, 0.15) is 0 Å². The lowest BCUT2D eigenvalue weighted by Crippen LogP contribution is -2.51. The SMILES string of the molecule is CCCC1CCC(NC(=O)NCC2(O)CCC2)CC1. The summed E-state index contributed by atoms with van der Waals surface area (Å²) in [4.78, 5) is 11.8. The highest BCUT2D eigenvalue weighted by Crippen LogP contribution is 2.30. The molecule has 0 aromatic rings. The molecule has 0 spiro atoms. The molecule has 110 valence electrons. The van der Waals surface area contributed by atoms with E-state index in [9.17, 15) is 9.90 Å². The molecule has 4 heteroatoms. The van der Waals surface area contributed by atoms with Crippen LogP contribution in [0.1, 0.15) is 64.7 Å². The molecule has 2 fully saturated rings. The molecule has 2 rings (SSSR count). The standard InChI is InChI=1S/C15H28N2O2/c1-2-4-12-5-7-13(8-6-12)17-14(18)16-11-15(19)9-3-10-15/h12-13,19H,2-11H2,1H3,(H2,16,17,18). The summed E-state index contributed by atoms with van der Waals surface area (Å²) < 4.78 is 0. The zero-order valence-electron chi connectivity index (χ0n) is 12.1. The monoisotopic (exact) mass is 268 g/mol. The van der Waals surface area contributed by atoms with E-state index in [1.54, 1.807) is 0 Å². The van der Waals surface area contributed by atoms with E-state index in [2.05, 4.69) is 17.6 Å². The number of aliphatic hydroxyl groups is 1. The molecule has 0 bridgehead atoms. The first-order chi connectivity index (χ1) is 9.11. The van der Waals surface area contributed by atoms with Crippen LogP contribution in [-0.2, 0) is 0 Å². The van der Waals surface area contributed by atoms with Crippen LogP contribution in [-0.4, -0.2) is 29.3 Å². The van der Waals surface area contributed by atoms with Gasteiger partial charge in [-0.2, -0.15) is 0 Å². The van der Waals surface area contributed by atoms with Crippen LogP contribution < -0.4 is 10.6 Å². The topological polar surface area (TPSA) is 61.4 Å². The van der Waals surface area contributed by atoms with Crippen molar-refractivity contribution in [3.05, 3.63) is 0 Å². The minimum atomic E-state index is -0.629. The maximum atomic E-state index is 11.8. The van der Waals surface area contributed by atoms with Crippen molar-refractivity contribution in [3.63, 3.8) is 0 Å². The van der Waals surface area contributed by atoms with Crippen molar-refractivity contribution in [2.24, 2.45) is 5.92 Å². The highest BCUT2D eigenvalue weighted by Gasteiger charge is 2.34. The predicted molar refractivity (Wildman–Crippen MR) is 76.0 cm³/mol. The molecular formula is C15H28N2O2. The molecule has 2 aliphatic rings. The average Bonchev–Trinajstić information content (AvgIpc) is 2.37. The van der Waals surface area contributed by atoms with Crippen LogP contribution in [0.15, 0.2) is 0 Å². The molecule has 0 atom stereocenters. The van der Waals surface area contributed by atoms with E-state index in [4.69, 9.17) is 0 Å². The molecule has 0 aromatic heterocycles. The average molecular weight is 268 g/mol. The molecule has 0 heterocycles. The van der Waals surface area contributed by atoms with Crippen molar-refractivity contribution in [2.45, 2.75) is 76.4 Å². The van der Waals surface area contributed by atoms with Gasteiger partial charge in [-0.1, -0.05) is 19.8 Å². The number of hydrogen-bond acceptors (Lipinski definition) is 2. The predicted octanol–water partition coefficient (Wildman–Crippen LogP) is 2.56. The van der Waals surface area contributed by atoms with Gasteiger partial charge in [-0.25, -0.2) is 4.79 Å². The summed E-state index contributed by atoms with van der Waals surface area (Å²) in [5, 5.41) is 15.8. The maximum absolute atomic E-state index is 11.8. The van der Waals surface area contributed by atoms with E-state index in [0.29, 0.717) is 12.6 Å². The molecule has 19 heavy (non-hydrogen) atoms. The lowest BCUT2D eigenvalue weighted by atomic mass is 9.80. The smallest absolute Gasteiger partial charge is 0.315 e. The third kappa shape index (κ3) is 4.37. The molecule has 2 saturated carbocycles. The molecule has 3 N–H and O–H groups in total. The van der Waals surface area contributed by atoms with Crippen LogP contribution in [0, 0.1) is 5.92 Å². The molecule has 0 unspecified atom stereocenters. The Balaban J connectivity index is 1.60. The van der Waals surface area contributed by atoms with Crippen LogP contribution in [0.25, 0.3) is 0 Å². The summed E-state index contributed by atoms with van der Waals surface area (Å²) in [6, 6.07) is 0.211. The number of amides is 2. The van der Waals surface area contributed by atoms with Gasteiger partial charge in [0.05, 0.1) is 5.60 Å². The number of nitrogens with one attached hydrogen (secondary N) is 2. The molecule has 0 radical (unpaired) electrons. The quantitative estimate of drug-likeness (QED) is 0.717. The van der Waals surface area contributed by atoms with Crippen LogP contribution in [0.4, 0.5) is 4.79 Å². The zero-order chi connectivity index (χ0) is 13.7. The largest absolute Gasteiger partial charge is 0.388 e. The van der Waals surface area contributed by atoms with Crippen LogP contribution in [0.2, 0.25) is 0 Å².